The summed E-state index contributed by atoms with van der Waals surface area (Å²) < 4.78 is 37.4. The van der Waals surface area contributed by atoms with Crippen molar-refractivity contribution in [3.05, 3.63) is 59.2 Å². The molecule has 31 heavy (non-hydrogen) atoms. The van der Waals surface area contributed by atoms with Crippen LogP contribution in [0.2, 0.25) is 0 Å². The largest absolute Gasteiger partial charge is 0.497 e. The molecule has 0 radical (unpaired) electrons. The highest BCUT2D eigenvalue weighted by molar-refractivity contribution is 5.88. The Bertz CT molecular complexity index is 932. The van der Waals surface area contributed by atoms with Gasteiger partial charge in [0.2, 0.25) is 11.8 Å². The number of nitrogens with zero attached hydrogens (tertiary/aromatic N) is 1. The highest BCUT2D eigenvalue weighted by Gasteiger charge is 2.31. The minimum Gasteiger partial charge on any atom is -0.497 e. The van der Waals surface area contributed by atoms with E-state index in [4.69, 9.17) is 9.47 Å². The first kappa shape index (κ1) is 22.5. The third kappa shape index (κ3) is 5.91. The van der Waals surface area contributed by atoms with Crippen molar-refractivity contribution in [2.45, 2.75) is 25.6 Å². The lowest BCUT2D eigenvalue weighted by Crippen LogP contribution is -2.56. The van der Waals surface area contributed by atoms with Crippen LogP contribution in [0.15, 0.2) is 36.4 Å². The van der Waals surface area contributed by atoms with Crippen LogP contribution in [-0.2, 0) is 22.7 Å². The number of hydrogen-bond acceptors (Lipinski definition) is 5. The van der Waals surface area contributed by atoms with Gasteiger partial charge in [0, 0.05) is 43.9 Å². The van der Waals surface area contributed by atoms with Crippen molar-refractivity contribution in [1.29, 1.82) is 0 Å². The quantitative estimate of drug-likeness (QED) is 0.666. The number of rotatable bonds is 8. The molecule has 0 bridgehead atoms. The molecule has 0 spiro atoms. The number of ether oxygens (including phenoxy) is 2. The maximum atomic E-state index is 13.8. The molecular formula is C22H25F2N3O4. The predicted octanol–water partition coefficient (Wildman–Crippen LogP) is 1.99. The molecule has 9 heteroatoms. The summed E-state index contributed by atoms with van der Waals surface area (Å²) in [6, 6.07) is 7.95. The topological polar surface area (TPSA) is 79.9 Å². The Morgan fingerprint density at radius 2 is 1.87 bits per heavy atom. The number of methoxy groups -OCH3 is 2. The predicted molar refractivity (Wildman–Crippen MR) is 110 cm³/mol. The molecule has 1 atom stereocenters. The van der Waals surface area contributed by atoms with Gasteiger partial charge in [0.15, 0.2) is 0 Å². The first-order chi connectivity index (χ1) is 14.9. The van der Waals surface area contributed by atoms with Gasteiger partial charge in [0.25, 0.3) is 0 Å². The highest BCUT2D eigenvalue weighted by atomic mass is 19.1. The minimum atomic E-state index is -0.732. The maximum absolute atomic E-state index is 13.8. The number of amides is 2. The maximum Gasteiger partial charge on any atom is 0.237 e. The Balaban J connectivity index is 1.66. The Morgan fingerprint density at radius 3 is 2.52 bits per heavy atom. The second-order valence-corrected chi connectivity index (χ2v) is 7.21. The average Bonchev–Trinajstić information content (AvgIpc) is 2.75. The first-order valence-corrected chi connectivity index (χ1v) is 9.84. The molecule has 2 N–H and O–H groups in total. The molecule has 1 heterocycles. The molecule has 0 aromatic heterocycles. The Morgan fingerprint density at radius 1 is 1.16 bits per heavy atom. The fraction of sp³-hybridized carbons (Fsp3) is 0.364. The summed E-state index contributed by atoms with van der Waals surface area (Å²) in [6.07, 6.45) is -0.0875. The third-order valence-corrected chi connectivity index (χ3v) is 5.11. The molecular weight excluding hydrogens is 408 g/mol. The fourth-order valence-corrected chi connectivity index (χ4v) is 3.47. The number of benzene rings is 2. The summed E-state index contributed by atoms with van der Waals surface area (Å²) in [5, 5.41) is 5.38. The molecule has 166 valence electrons. The smallest absolute Gasteiger partial charge is 0.237 e. The van der Waals surface area contributed by atoms with Gasteiger partial charge in [0.1, 0.15) is 23.1 Å². The van der Waals surface area contributed by atoms with Crippen molar-refractivity contribution in [3.63, 3.8) is 0 Å². The zero-order valence-electron chi connectivity index (χ0n) is 17.4. The molecule has 1 fully saturated rings. The normalized spacial score (nSPS) is 16.5. The lowest BCUT2D eigenvalue weighted by Gasteiger charge is -2.34. The van der Waals surface area contributed by atoms with Gasteiger partial charge >= 0.3 is 0 Å². The zero-order chi connectivity index (χ0) is 22.4. The monoisotopic (exact) mass is 433 g/mol. The second-order valence-electron chi connectivity index (χ2n) is 7.21. The molecule has 7 nitrogen and oxygen atoms in total. The summed E-state index contributed by atoms with van der Waals surface area (Å²) in [7, 11) is 3.12. The van der Waals surface area contributed by atoms with Crippen molar-refractivity contribution >= 4 is 11.8 Å². The minimum absolute atomic E-state index is 0.0875. The van der Waals surface area contributed by atoms with Gasteiger partial charge in [-0.2, -0.15) is 0 Å². The van der Waals surface area contributed by atoms with Crippen molar-refractivity contribution < 1.29 is 27.8 Å². The summed E-state index contributed by atoms with van der Waals surface area (Å²) in [5.41, 5.74) is 1.05. The third-order valence-electron chi connectivity index (χ3n) is 5.11. The van der Waals surface area contributed by atoms with Gasteiger partial charge < -0.3 is 20.1 Å². The standard InChI is InChI=1S/C22H25F2N3O4/c1-30-17-7-14(8-18(10-17)31-2)13-27-6-5-25-22(29)20(27)11-21(28)26-12-15-3-4-16(23)9-19(15)24/h3-4,7-10,20H,5-6,11-13H2,1-2H3,(H,25,29)(H,26,28). The number of carbonyl (C=O) groups is 2. The van der Waals surface area contributed by atoms with Crippen LogP contribution in [0, 0.1) is 11.6 Å². The van der Waals surface area contributed by atoms with Gasteiger partial charge in [-0.1, -0.05) is 6.07 Å². The van der Waals surface area contributed by atoms with E-state index in [1.807, 2.05) is 17.0 Å². The average molecular weight is 433 g/mol. The van der Waals surface area contributed by atoms with E-state index in [0.29, 0.717) is 31.1 Å². The molecule has 2 aromatic carbocycles. The fourth-order valence-electron chi connectivity index (χ4n) is 3.47. The van der Waals surface area contributed by atoms with Crippen LogP contribution in [0.1, 0.15) is 17.5 Å². The summed E-state index contributed by atoms with van der Waals surface area (Å²) in [5.74, 6) is -0.804. The van der Waals surface area contributed by atoms with Gasteiger partial charge in [-0.05, 0) is 23.8 Å². The molecule has 1 aliphatic rings. The van der Waals surface area contributed by atoms with Crippen molar-refractivity contribution in [2.24, 2.45) is 0 Å². The van der Waals surface area contributed by atoms with Gasteiger partial charge in [-0.25, -0.2) is 8.78 Å². The number of hydrogen-bond donors (Lipinski definition) is 2. The van der Waals surface area contributed by atoms with Crippen LogP contribution in [-0.4, -0.2) is 50.1 Å². The summed E-state index contributed by atoms with van der Waals surface area (Å²) in [6.45, 7) is 1.37. The second kappa shape index (κ2) is 10.2. The first-order valence-electron chi connectivity index (χ1n) is 9.84. The van der Waals surface area contributed by atoms with Crippen LogP contribution < -0.4 is 20.1 Å². The van der Waals surface area contributed by atoms with E-state index in [9.17, 15) is 18.4 Å². The van der Waals surface area contributed by atoms with E-state index < -0.39 is 23.6 Å². The van der Waals surface area contributed by atoms with E-state index >= 15 is 0 Å². The molecule has 2 amide bonds. The Kier molecular flexibility index (Phi) is 7.41. The molecule has 3 rings (SSSR count). The number of carbonyl (C=O) groups excluding carboxylic acids is 2. The molecule has 2 aromatic rings. The van der Waals surface area contributed by atoms with E-state index in [0.717, 1.165) is 17.7 Å². The van der Waals surface area contributed by atoms with Gasteiger partial charge in [0.05, 0.1) is 26.7 Å². The highest BCUT2D eigenvalue weighted by Crippen LogP contribution is 2.24. The summed E-state index contributed by atoms with van der Waals surface area (Å²) in [4.78, 5) is 26.8. The SMILES string of the molecule is COc1cc(CN2CCNC(=O)C2CC(=O)NCc2ccc(F)cc2F)cc(OC)c1. The molecule has 0 saturated carbocycles. The van der Waals surface area contributed by atoms with Crippen LogP contribution in [0.25, 0.3) is 0 Å². The zero-order valence-corrected chi connectivity index (χ0v) is 17.4. The van der Waals surface area contributed by atoms with Crippen molar-refractivity contribution in [3.8, 4) is 11.5 Å². The number of piperazine rings is 1. The molecule has 1 saturated heterocycles. The van der Waals surface area contributed by atoms with E-state index in [2.05, 4.69) is 10.6 Å². The number of halogens is 2. The molecule has 0 aliphatic carbocycles. The van der Waals surface area contributed by atoms with Crippen molar-refractivity contribution in [2.75, 3.05) is 27.3 Å². The van der Waals surface area contributed by atoms with Crippen LogP contribution in [0.3, 0.4) is 0 Å². The number of nitrogens with one attached hydrogen (secondary N) is 2. The van der Waals surface area contributed by atoms with E-state index in [-0.39, 0.29) is 24.4 Å². The van der Waals surface area contributed by atoms with Gasteiger partial charge in [-0.3, -0.25) is 14.5 Å². The van der Waals surface area contributed by atoms with E-state index in [1.54, 1.807) is 20.3 Å². The Hall–Kier alpha value is -3.20. The lowest BCUT2D eigenvalue weighted by molar-refractivity contribution is -0.134. The van der Waals surface area contributed by atoms with E-state index in [1.165, 1.54) is 6.07 Å². The van der Waals surface area contributed by atoms with Crippen LogP contribution >= 0.6 is 0 Å². The molecule has 1 unspecified atom stereocenters. The summed E-state index contributed by atoms with van der Waals surface area (Å²) >= 11 is 0. The van der Waals surface area contributed by atoms with Gasteiger partial charge in [-0.15, -0.1) is 0 Å². The lowest BCUT2D eigenvalue weighted by atomic mass is 10.1. The van der Waals surface area contributed by atoms with Crippen molar-refractivity contribution in [1.82, 2.24) is 15.5 Å². The van der Waals surface area contributed by atoms with Crippen LogP contribution in [0.5, 0.6) is 11.5 Å². The molecule has 1 aliphatic heterocycles. The van der Waals surface area contributed by atoms with Crippen LogP contribution in [0.4, 0.5) is 8.78 Å². The Labute approximate surface area is 179 Å².